The molecular weight excluding hydrogens is 130 g/mol. The third-order valence-electron chi connectivity index (χ3n) is 1.73. The number of aromatic nitrogens is 4. The zero-order valence-corrected chi connectivity index (χ0v) is 5.56. The Morgan fingerprint density at radius 1 is 1.60 bits per heavy atom. The summed E-state index contributed by atoms with van der Waals surface area (Å²) in [5.74, 6) is 0. The summed E-state index contributed by atoms with van der Waals surface area (Å²) in [4.78, 5) is 1.67. The first-order chi connectivity index (χ1) is 4.97. The van der Waals surface area contributed by atoms with Crippen molar-refractivity contribution >= 4 is 0 Å². The molecule has 5 nitrogen and oxygen atoms in total. The monoisotopic (exact) mass is 139 g/mol. The lowest BCUT2D eigenvalue weighted by Gasteiger charge is -2.03. The number of hydrogen-bond donors (Lipinski definition) is 1. The smallest absolute Gasteiger partial charge is 0.162 e. The van der Waals surface area contributed by atoms with Crippen molar-refractivity contribution in [3.05, 3.63) is 6.33 Å². The van der Waals surface area contributed by atoms with Gasteiger partial charge in [0.25, 0.3) is 0 Å². The van der Waals surface area contributed by atoms with Crippen molar-refractivity contribution in [1.82, 2.24) is 25.5 Å². The van der Waals surface area contributed by atoms with Gasteiger partial charge in [-0.1, -0.05) is 0 Å². The van der Waals surface area contributed by atoms with Gasteiger partial charge in [0.1, 0.15) is 0 Å². The predicted molar refractivity (Wildman–Crippen MR) is 34.3 cm³/mol. The Balaban J connectivity index is 2.12. The van der Waals surface area contributed by atoms with Crippen LogP contribution < -0.4 is 5.32 Å². The van der Waals surface area contributed by atoms with Crippen molar-refractivity contribution in [1.29, 1.82) is 0 Å². The molecule has 10 heavy (non-hydrogen) atoms. The summed E-state index contributed by atoms with van der Waals surface area (Å²) < 4.78 is 0. The van der Waals surface area contributed by atoms with Gasteiger partial charge in [-0.2, -0.15) is 4.80 Å². The van der Waals surface area contributed by atoms with E-state index in [0.29, 0.717) is 6.04 Å². The Morgan fingerprint density at radius 2 is 2.60 bits per heavy atom. The van der Waals surface area contributed by atoms with Crippen LogP contribution in [0.25, 0.3) is 0 Å². The molecule has 0 saturated carbocycles. The first-order valence-electron chi connectivity index (χ1n) is 3.40. The van der Waals surface area contributed by atoms with Crippen molar-refractivity contribution in [2.24, 2.45) is 0 Å². The first-order valence-corrected chi connectivity index (χ1v) is 3.40. The highest BCUT2D eigenvalue weighted by atomic mass is 15.6. The largest absolute Gasteiger partial charge is 0.314 e. The van der Waals surface area contributed by atoms with E-state index in [1.54, 1.807) is 4.80 Å². The highest BCUT2D eigenvalue weighted by molar-refractivity contribution is 4.72. The standard InChI is InChI=1S/C5H9N5/c1-2-6-3-5(1)10-8-4-7-9-10/h4-6H,1-3H2. The molecule has 5 heteroatoms. The van der Waals surface area contributed by atoms with E-state index < -0.39 is 0 Å². The molecule has 2 rings (SSSR count). The van der Waals surface area contributed by atoms with E-state index in [2.05, 4.69) is 20.7 Å². The number of tetrazole rings is 1. The summed E-state index contributed by atoms with van der Waals surface area (Å²) in [6.45, 7) is 2.03. The van der Waals surface area contributed by atoms with Crippen LogP contribution in [0.4, 0.5) is 0 Å². The van der Waals surface area contributed by atoms with E-state index in [1.807, 2.05) is 0 Å². The molecule has 1 N–H and O–H groups in total. The molecule has 1 aliphatic rings. The van der Waals surface area contributed by atoms with E-state index in [9.17, 15) is 0 Å². The number of nitrogens with one attached hydrogen (secondary N) is 1. The van der Waals surface area contributed by atoms with Crippen molar-refractivity contribution < 1.29 is 0 Å². The second-order valence-electron chi connectivity index (χ2n) is 2.40. The Labute approximate surface area is 58.4 Å². The molecule has 1 unspecified atom stereocenters. The van der Waals surface area contributed by atoms with Gasteiger partial charge >= 0.3 is 0 Å². The molecule has 0 aliphatic carbocycles. The highest BCUT2D eigenvalue weighted by Crippen LogP contribution is 2.09. The van der Waals surface area contributed by atoms with E-state index >= 15 is 0 Å². The minimum Gasteiger partial charge on any atom is -0.314 e. The lowest BCUT2D eigenvalue weighted by atomic mass is 10.3. The Morgan fingerprint density at radius 3 is 3.20 bits per heavy atom. The van der Waals surface area contributed by atoms with Crippen molar-refractivity contribution in [2.75, 3.05) is 13.1 Å². The molecule has 0 radical (unpaired) electrons. The molecule has 0 spiro atoms. The van der Waals surface area contributed by atoms with E-state index in [1.165, 1.54) is 6.33 Å². The van der Waals surface area contributed by atoms with Crippen LogP contribution in [0.15, 0.2) is 6.33 Å². The van der Waals surface area contributed by atoms with Gasteiger partial charge in [-0.3, -0.25) is 0 Å². The maximum absolute atomic E-state index is 3.95. The Hall–Kier alpha value is -0.970. The molecule has 1 aromatic rings. The lowest BCUT2D eigenvalue weighted by molar-refractivity contribution is 0.423. The molecular formula is C5H9N5. The van der Waals surface area contributed by atoms with Crippen LogP contribution in [0, 0.1) is 0 Å². The molecule has 1 aromatic heterocycles. The average Bonchev–Trinajstić information content (AvgIpc) is 2.59. The van der Waals surface area contributed by atoms with Gasteiger partial charge in [0.05, 0.1) is 6.04 Å². The van der Waals surface area contributed by atoms with Crippen LogP contribution in [0.1, 0.15) is 12.5 Å². The molecule has 1 saturated heterocycles. The SMILES string of the molecule is c1nnn(C2CCNC2)n1. The third kappa shape index (κ3) is 0.881. The molecule has 54 valence electrons. The fraction of sp³-hybridized carbons (Fsp3) is 0.800. The molecule has 0 aromatic carbocycles. The summed E-state index contributed by atoms with van der Waals surface area (Å²) in [6, 6.07) is 0.419. The van der Waals surface area contributed by atoms with Crippen LogP contribution in [-0.2, 0) is 0 Å². The van der Waals surface area contributed by atoms with Crippen molar-refractivity contribution in [2.45, 2.75) is 12.5 Å². The summed E-state index contributed by atoms with van der Waals surface area (Å²) >= 11 is 0. The number of hydrogen-bond acceptors (Lipinski definition) is 4. The fourth-order valence-corrected chi connectivity index (χ4v) is 1.18. The van der Waals surface area contributed by atoms with Gasteiger partial charge in [-0.25, -0.2) is 0 Å². The van der Waals surface area contributed by atoms with Gasteiger partial charge in [0.15, 0.2) is 6.33 Å². The van der Waals surface area contributed by atoms with Crippen molar-refractivity contribution in [3.63, 3.8) is 0 Å². The molecule has 0 amide bonds. The van der Waals surface area contributed by atoms with Gasteiger partial charge in [0, 0.05) is 6.54 Å². The first kappa shape index (κ1) is 5.79. The fourth-order valence-electron chi connectivity index (χ4n) is 1.18. The highest BCUT2D eigenvalue weighted by Gasteiger charge is 2.17. The van der Waals surface area contributed by atoms with E-state index in [-0.39, 0.29) is 0 Å². The van der Waals surface area contributed by atoms with Crippen LogP contribution >= 0.6 is 0 Å². The zero-order valence-electron chi connectivity index (χ0n) is 5.56. The number of nitrogens with zero attached hydrogens (tertiary/aromatic N) is 4. The van der Waals surface area contributed by atoms with Crippen LogP contribution in [0.5, 0.6) is 0 Å². The third-order valence-corrected chi connectivity index (χ3v) is 1.73. The molecule has 1 aliphatic heterocycles. The molecule has 1 atom stereocenters. The minimum absolute atomic E-state index is 0.419. The van der Waals surface area contributed by atoms with E-state index in [4.69, 9.17) is 0 Å². The second kappa shape index (κ2) is 2.34. The predicted octanol–water partition coefficient (Wildman–Crippen LogP) is -0.793. The summed E-state index contributed by atoms with van der Waals surface area (Å²) in [5, 5.41) is 14.6. The quantitative estimate of drug-likeness (QED) is 0.554. The van der Waals surface area contributed by atoms with Crippen LogP contribution in [0.2, 0.25) is 0 Å². The van der Waals surface area contributed by atoms with E-state index in [0.717, 1.165) is 19.5 Å². The van der Waals surface area contributed by atoms with Crippen molar-refractivity contribution in [3.8, 4) is 0 Å². The maximum Gasteiger partial charge on any atom is 0.162 e. The summed E-state index contributed by atoms with van der Waals surface area (Å²) in [7, 11) is 0. The summed E-state index contributed by atoms with van der Waals surface area (Å²) in [5.41, 5.74) is 0. The maximum atomic E-state index is 3.95. The van der Waals surface area contributed by atoms with Gasteiger partial charge < -0.3 is 5.32 Å². The topological polar surface area (TPSA) is 55.6 Å². The molecule has 0 bridgehead atoms. The normalized spacial score (nSPS) is 25.4. The Kier molecular flexibility index (Phi) is 1.35. The van der Waals surface area contributed by atoms with Gasteiger partial charge in [-0.05, 0) is 18.2 Å². The van der Waals surface area contributed by atoms with Crippen LogP contribution in [-0.4, -0.2) is 33.3 Å². The summed E-state index contributed by atoms with van der Waals surface area (Å²) in [6.07, 6.45) is 2.58. The molecule has 1 fully saturated rings. The van der Waals surface area contributed by atoms with Gasteiger partial charge in [-0.15, -0.1) is 10.2 Å². The average molecular weight is 139 g/mol. The lowest BCUT2D eigenvalue weighted by Crippen LogP contribution is -2.15. The van der Waals surface area contributed by atoms with Crippen LogP contribution in [0.3, 0.4) is 0 Å². The molecule has 2 heterocycles. The van der Waals surface area contributed by atoms with Gasteiger partial charge in [0.2, 0.25) is 0 Å². The second-order valence-corrected chi connectivity index (χ2v) is 2.40. The minimum atomic E-state index is 0.419. The number of rotatable bonds is 1. The Bertz CT molecular complexity index is 188. The zero-order chi connectivity index (χ0) is 6.81.